The van der Waals surface area contributed by atoms with E-state index in [9.17, 15) is 0 Å². The molecular weight excluding hydrogens is 202 g/mol. The van der Waals surface area contributed by atoms with Gasteiger partial charge in [0, 0.05) is 11.9 Å². The summed E-state index contributed by atoms with van der Waals surface area (Å²) in [6.07, 6.45) is 3.88. The Morgan fingerprint density at radius 1 is 1.64 bits per heavy atom. The predicted octanol–water partition coefficient (Wildman–Crippen LogP) is 3.22. The third-order valence-electron chi connectivity index (χ3n) is 1.56. The summed E-state index contributed by atoms with van der Waals surface area (Å²) in [6, 6.07) is 4.05. The molecule has 0 aliphatic rings. The molecule has 11 heavy (non-hydrogen) atoms. The van der Waals surface area contributed by atoms with Gasteiger partial charge in [-0.15, -0.1) is 0 Å². The molecule has 1 aromatic heterocycles. The molecule has 1 rings (SSSR count). The van der Waals surface area contributed by atoms with Gasteiger partial charge in [-0.1, -0.05) is 22.5 Å². The molecule has 0 aliphatic heterocycles. The van der Waals surface area contributed by atoms with Gasteiger partial charge in [-0.3, -0.25) is 0 Å². The van der Waals surface area contributed by atoms with Crippen molar-refractivity contribution < 1.29 is 0 Å². The standard InChI is InChI=1S/C9H12BrN/c1-4-8-6-5-7-11(8)9(2,3)10/h4-7H,1H2,2-3H3. The van der Waals surface area contributed by atoms with E-state index in [1.807, 2.05) is 24.4 Å². The van der Waals surface area contributed by atoms with Crippen molar-refractivity contribution in [3.63, 3.8) is 0 Å². The lowest BCUT2D eigenvalue weighted by atomic mass is 10.3. The number of alkyl halides is 1. The van der Waals surface area contributed by atoms with E-state index in [1.165, 1.54) is 0 Å². The third-order valence-corrected chi connectivity index (χ3v) is 1.94. The molecule has 2 heteroatoms. The molecule has 0 spiro atoms. The zero-order valence-corrected chi connectivity index (χ0v) is 8.43. The Bertz CT molecular complexity index is 255. The van der Waals surface area contributed by atoms with Crippen LogP contribution in [-0.2, 0) is 4.45 Å². The van der Waals surface area contributed by atoms with Gasteiger partial charge in [0.15, 0.2) is 0 Å². The molecule has 0 radical (unpaired) electrons. The number of nitrogens with zero attached hydrogens (tertiary/aromatic N) is 1. The Labute approximate surface area is 75.9 Å². The minimum Gasteiger partial charge on any atom is -0.333 e. The van der Waals surface area contributed by atoms with E-state index in [0.29, 0.717) is 0 Å². The largest absolute Gasteiger partial charge is 0.333 e. The first-order valence-electron chi connectivity index (χ1n) is 3.55. The Kier molecular flexibility index (Phi) is 2.23. The Balaban J connectivity index is 3.12. The predicted molar refractivity (Wildman–Crippen MR) is 52.8 cm³/mol. The van der Waals surface area contributed by atoms with Crippen molar-refractivity contribution in [1.82, 2.24) is 4.57 Å². The molecule has 0 atom stereocenters. The van der Waals surface area contributed by atoms with Crippen LogP contribution in [0.25, 0.3) is 6.08 Å². The van der Waals surface area contributed by atoms with Gasteiger partial charge in [0.25, 0.3) is 0 Å². The summed E-state index contributed by atoms with van der Waals surface area (Å²) in [4.78, 5) is 0. The fourth-order valence-corrected chi connectivity index (χ4v) is 1.37. The van der Waals surface area contributed by atoms with Crippen LogP contribution >= 0.6 is 15.9 Å². The molecule has 1 heterocycles. The maximum Gasteiger partial charge on any atom is 0.0941 e. The van der Waals surface area contributed by atoms with E-state index in [4.69, 9.17) is 0 Å². The number of hydrogen-bond acceptors (Lipinski definition) is 0. The molecule has 1 nitrogen and oxygen atoms in total. The quantitative estimate of drug-likeness (QED) is 0.666. The summed E-state index contributed by atoms with van der Waals surface area (Å²) in [5.41, 5.74) is 1.13. The second-order valence-electron chi connectivity index (χ2n) is 2.92. The average molecular weight is 214 g/mol. The number of hydrogen-bond donors (Lipinski definition) is 0. The Hall–Kier alpha value is -0.500. The highest BCUT2D eigenvalue weighted by molar-refractivity contribution is 9.09. The van der Waals surface area contributed by atoms with Crippen LogP contribution in [0, 0.1) is 0 Å². The van der Waals surface area contributed by atoms with Crippen molar-refractivity contribution in [2.24, 2.45) is 0 Å². The molecule has 60 valence electrons. The van der Waals surface area contributed by atoms with Crippen LogP contribution in [0.3, 0.4) is 0 Å². The Morgan fingerprint density at radius 2 is 2.27 bits per heavy atom. The maximum absolute atomic E-state index is 3.74. The highest BCUT2D eigenvalue weighted by atomic mass is 79.9. The molecule has 0 fully saturated rings. The summed E-state index contributed by atoms with van der Waals surface area (Å²) in [5.74, 6) is 0. The summed E-state index contributed by atoms with van der Waals surface area (Å²) >= 11 is 3.57. The van der Waals surface area contributed by atoms with Crippen molar-refractivity contribution >= 4 is 22.0 Å². The molecule has 0 bridgehead atoms. The molecule has 0 amide bonds. The fraction of sp³-hybridized carbons (Fsp3) is 0.333. The molecule has 0 N–H and O–H groups in total. The van der Waals surface area contributed by atoms with Crippen molar-refractivity contribution in [2.75, 3.05) is 0 Å². The second kappa shape index (κ2) is 2.86. The summed E-state index contributed by atoms with van der Waals surface area (Å²) in [6.45, 7) is 7.93. The zero-order chi connectivity index (χ0) is 8.48. The van der Waals surface area contributed by atoms with Gasteiger partial charge in [-0.2, -0.15) is 0 Å². The number of rotatable bonds is 2. The van der Waals surface area contributed by atoms with Crippen molar-refractivity contribution in [2.45, 2.75) is 18.3 Å². The van der Waals surface area contributed by atoms with E-state index >= 15 is 0 Å². The van der Waals surface area contributed by atoms with Crippen LogP contribution in [0.5, 0.6) is 0 Å². The van der Waals surface area contributed by atoms with Crippen molar-refractivity contribution in [3.8, 4) is 0 Å². The second-order valence-corrected chi connectivity index (χ2v) is 4.86. The minimum atomic E-state index is -0.0278. The van der Waals surface area contributed by atoms with Crippen LogP contribution in [0.1, 0.15) is 19.5 Å². The smallest absolute Gasteiger partial charge is 0.0941 e. The number of halogens is 1. The van der Waals surface area contributed by atoms with E-state index in [-0.39, 0.29) is 4.45 Å². The molecule has 0 aromatic carbocycles. The first-order valence-corrected chi connectivity index (χ1v) is 4.34. The van der Waals surface area contributed by atoms with Gasteiger partial charge >= 0.3 is 0 Å². The summed E-state index contributed by atoms with van der Waals surface area (Å²) < 4.78 is 2.10. The molecule has 1 aromatic rings. The fourth-order valence-electron chi connectivity index (χ4n) is 1.04. The molecule has 0 saturated heterocycles. The zero-order valence-electron chi connectivity index (χ0n) is 6.84. The van der Waals surface area contributed by atoms with Crippen molar-refractivity contribution in [1.29, 1.82) is 0 Å². The summed E-state index contributed by atoms with van der Waals surface area (Å²) in [5, 5.41) is 0. The van der Waals surface area contributed by atoms with Gasteiger partial charge in [-0.25, -0.2) is 0 Å². The SMILES string of the molecule is C=Cc1cccn1C(C)(C)Br. The van der Waals surface area contributed by atoms with Crippen LogP contribution in [0.2, 0.25) is 0 Å². The highest BCUT2D eigenvalue weighted by Gasteiger charge is 2.15. The first-order chi connectivity index (χ1) is 5.05. The van der Waals surface area contributed by atoms with Crippen LogP contribution in [0.15, 0.2) is 24.9 Å². The van der Waals surface area contributed by atoms with E-state index in [1.54, 1.807) is 0 Å². The van der Waals surface area contributed by atoms with E-state index < -0.39 is 0 Å². The normalized spacial score (nSPS) is 11.5. The molecular formula is C9H12BrN. The van der Waals surface area contributed by atoms with Gasteiger partial charge in [0.05, 0.1) is 4.45 Å². The van der Waals surface area contributed by atoms with Crippen LogP contribution < -0.4 is 0 Å². The lowest BCUT2D eigenvalue weighted by Gasteiger charge is -2.21. The van der Waals surface area contributed by atoms with E-state index in [0.717, 1.165) is 5.69 Å². The van der Waals surface area contributed by atoms with Gasteiger partial charge in [0.1, 0.15) is 0 Å². The lowest BCUT2D eigenvalue weighted by Crippen LogP contribution is -2.17. The van der Waals surface area contributed by atoms with Gasteiger partial charge in [-0.05, 0) is 32.1 Å². The monoisotopic (exact) mass is 213 g/mol. The lowest BCUT2D eigenvalue weighted by molar-refractivity contribution is 0.550. The van der Waals surface area contributed by atoms with Crippen LogP contribution in [-0.4, -0.2) is 4.57 Å². The topological polar surface area (TPSA) is 4.93 Å². The number of aromatic nitrogens is 1. The third kappa shape index (κ3) is 1.74. The summed E-state index contributed by atoms with van der Waals surface area (Å²) in [7, 11) is 0. The maximum atomic E-state index is 3.74. The highest BCUT2D eigenvalue weighted by Crippen LogP contribution is 2.25. The molecule has 0 unspecified atom stereocenters. The van der Waals surface area contributed by atoms with E-state index in [2.05, 4.69) is 40.9 Å². The molecule has 0 saturated carbocycles. The molecule has 0 aliphatic carbocycles. The first kappa shape index (κ1) is 8.60. The van der Waals surface area contributed by atoms with Gasteiger partial charge < -0.3 is 4.57 Å². The van der Waals surface area contributed by atoms with Crippen LogP contribution in [0.4, 0.5) is 0 Å². The average Bonchev–Trinajstić information content (AvgIpc) is 2.31. The Morgan fingerprint density at radius 3 is 2.64 bits per heavy atom. The van der Waals surface area contributed by atoms with Gasteiger partial charge in [0.2, 0.25) is 0 Å². The minimum absolute atomic E-state index is 0.0278. The van der Waals surface area contributed by atoms with Crippen molar-refractivity contribution in [3.05, 3.63) is 30.6 Å².